The molecular formula is C16H16FN3. The first-order chi connectivity index (χ1) is 9.67. The highest BCUT2D eigenvalue weighted by Gasteiger charge is 2.12. The van der Waals surface area contributed by atoms with Crippen molar-refractivity contribution < 1.29 is 4.39 Å². The molecule has 1 aromatic carbocycles. The van der Waals surface area contributed by atoms with Gasteiger partial charge in [0.05, 0.1) is 5.52 Å². The summed E-state index contributed by atoms with van der Waals surface area (Å²) >= 11 is 0. The van der Waals surface area contributed by atoms with E-state index >= 15 is 0 Å². The van der Waals surface area contributed by atoms with Crippen LogP contribution in [-0.4, -0.2) is 17.0 Å². The Balaban J connectivity index is 2.61. The second kappa shape index (κ2) is 6.10. The van der Waals surface area contributed by atoms with Crippen molar-refractivity contribution in [3.63, 3.8) is 0 Å². The first-order valence-electron chi connectivity index (χ1n) is 6.28. The van der Waals surface area contributed by atoms with E-state index in [1.807, 2.05) is 55.3 Å². The number of hydrogen-bond donors (Lipinski definition) is 0. The molecule has 3 nitrogen and oxygen atoms in total. The summed E-state index contributed by atoms with van der Waals surface area (Å²) < 4.78 is 13.6. The lowest BCUT2D eigenvalue weighted by atomic mass is 10.2. The molecule has 0 spiro atoms. The van der Waals surface area contributed by atoms with Crippen LogP contribution in [0.4, 0.5) is 10.2 Å². The highest BCUT2D eigenvalue weighted by Crippen LogP contribution is 2.25. The summed E-state index contributed by atoms with van der Waals surface area (Å²) in [4.78, 5) is 9.55. The third kappa shape index (κ3) is 2.74. The maximum atomic E-state index is 13.6. The van der Waals surface area contributed by atoms with Gasteiger partial charge in [-0.3, -0.25) is 0 Å². The minimum Gasteiger partial charge on any atom is -0.329 e. The highest BCUT2D eigenvalue weighted by atomic mass is 19.1. The second-order valence-electron chi connectivity index (χ2n) is 4.22. The second-order valence-corrected chi connectivity index (χ2v) is 4.22. The van der Waals surface area contributed by atoms with E-state index in [4.69, 9.17) is 0 Å². The number of likely N-dealkylation sites (N-methyl/N-ethyl adjacent to an activating group) is 1. The lowest BCUT2D eigenvalue weighted by molar-refractivity contribution is 0.545. The summed E-state index contributed by atoms with van der Waals surface area (Å²) in [6.45, 7) is 5.61. The third-order valence-corrected chi connectivity index (χ3v) is 2.89. The number of nitrogens with zero attached hydrogens (tertiary/aromatic N) is 3. The fourth-order valence-electron chi connectivity index (χ4n) is 1.98. The Morgan fingerprint density at radius 1 is 1.30 bits per heavy atom. The summed E-state index contributed by atoms with van der Waals surface area (Å²) in [5.74, 6) is 0.527. The molecule has 0 atom stereocenters. The van der Waals surface area contributed by atoms with Gasteiger partial charge < -0.3 is 4.90 Å². The van der Waals surface area contributed by atoms with E-state index in [-0.39, 0.29) is 0 Å². The Morgan fingerprint density at radius 3 is 2.75 bits per heavy atom. The number of fused-ring (bicyclic) bond motifs is 1. The van der Waals surface area contributed by atoms with Gasteiger partial charge in [-0.15, -0.1) is 0 Å². The number of para-hydroxylation sites is 1. The van der Waals surface area contributed by atoms with Crippen molar-refractivity contribution in [3.8, 4) is 0 Å². The number of rotatable bonds is 4. The zero-order valence-electron chi connectivity index (χ0n) is 11.5. The minimum atomic E-state index is -0.732. The molecule has 2 rings (SSSR count). The van der Waals surface area contributed by atoms with Gasteiger partial charge in [0.2, 0.25) is 0 Å². The Hall–Kier alpha value is -2.49. The van der Waals surface area contributed by atoms with Crippen LogP contribution in [0.1, 0.15) is 6.92 Å². The van der Waals surface area contributed by atoms with Crippen LogP contribution in [0.3, 0.4) is 0 Å². The van der Waals surface area contributed by atoms with Gasteiger partial charge >= 0.3 is 6.08 Å². The van der Waals surface area contributed by atoms with E-state index in [0.717, 1.165) is 11.1 Å². The van der Waals surface area contributed by atoms with Crippen LogP contribution in [0.5, 0.6) is 0 Å². The average molecular weight is 269 g/mol. The van der Waals surface area contributed by atoms with Crippen molar-refractivity contribution in [3.05, 3.63) is 66.9 Å². The Kier molecular flexibility index (Phi) is 4.25. The van der Waals surface area contributed by atoms with Crippen LogP contribution in [0.2, 0.25) is 0 Å². The van der Waals surface area contributed by atoms with Gasteiger partial charge in [-0.05, 0) is 31.2 Å². The Labute approximate surface area is 117 Å². The number of allylic oxidation sites excluding steroid dienone is 4. The van der Waals surface area contributed by atoms with Crippen molar-refractivity contribution >= 4 is 16.7 Å². The minimum absolute atomic E-state index is 0.527. The van der Waals surface area contributed by atoms with E-state index in [2.05, 4.69) is 16.5 Å². The molecule has 0 radical (unpaired) electrons. The molecule has 20 heavy (non-hydrogen) atoms. The van der Waals surface area contributed by atoms with Crippen LogP contribution in [0, 0.1) is 6.08 Å². The lowest BCUT2D eigenvalue weighted by Crippen LogP contribution is -2.17. The quantitative estimate of drug-likeness (QED) is 0.623. The largest absolute Gasteiger partial charge is 0.329 e. The fraction of sp³-hybridized carbons (Fsp3) is 0.125. The molecule has 1 aromatic heterocycles. The fourth-order valence-corrected chi connectivity index (χ4v) is 1.98. The molecule has 0 unspecified atom stereocenters. The van der Waals surface area contributed by atoms with Crippen molar-refractivity contribution in [1.82, 2.24) is 9.97 Å². The maximum Gasteiger partial charge on any atom is 0.311 e. The first kappa shape index (κ1) is 13.9. The maximum absolute atomic E-state index is 13.6. The molecule has 1 heterocycles. The smallest absolute Gasteiger partial charge is 0.311 e. The summed E-state index contributed by atoms with van der Waals surface area (Å²) in [5, 5.41) is 0.802. The molecule has 0 fully saturated rings. The summed E-state index contributed by atoms with van der Waals surface area (Å²) in [6, 6.07) is 7.35. The monoisotopic (exact) mass is 269 g/mol. The summed E-state index contributed by atoms with van der Waals surface area (Å²) in [7, 11) is 1.84. The van der Waals surface area contributed by atoms with Gasteiger partial charge in [0, 0.05) is 18.1 Å². The first-order valence-corrected chi connectivity index (χ1v) is 6.28. The molecule has 0 amide bonds. The molecule has 102 valence electrons. The molecule has 0 aliphatic carbocycles. The van der Waals surface area contributed by atoms with E-state index in [1.54, 1.807) is 12.1 Å². The van der Waals surface area contributed by atoms with Gasteiger partial charge in [0.1, 0.15) is 5.82 Å². The van der Waals surface area contributed by atoms with E-state index in [1.165, 1.54) is 0 Å². The molecule has 2 aromatic rings. The van der Waals surface area contributed by atoms with E-state index in [0.29, 0.717) is 11.3 Å². The molecule has 0 aliphatic heterocycles. The van der Waals surface area contributed by atoms with Gasteiger partial charge in [-0.1, -0.05) is 30.9 Å². The molecular weight excluding hydrogens is 253 g/mol. The Bertz CT molecular complexity index is 689. The van der Waals surface area contributed by atoms with Gasteiger partial charge in [0.25, 0.3) is 0 Å². The summed E-state index contributed by atoms with van der Waals surface area (Å²) in [6.07, 6.45) is 6.62. The zero-order chi connectivity index (χ0) is 14.5. The van der Waals surface area contributed by atoms with Crippen molar-refractivity contribution in [1.29, 1.82) is 0 Å². The van der Waals surface area contributed by atoms with Crippen molar-refractivity contribution in [2.45, 2.75) is 6.92 Å². The standard InChI is InChI=1S/C16H16FN3/c1-4-8-12(9-5-2)20(3)15-13-10-6-7-11-14(13)18-16(17)19-15/h4-11H,1H2,2-3H3/b9-5-,12-8+. The highest BCUT2D eigenvalue weighted by molar-refractivity contribution is 5.90. The van der Waals surface area contributed by atoms with Gasteiger partial charge in [-0.2, -0.15) is 9.37 Å². The number of halogens is 1. The van der Waals surface area contributed by atoms with Crippen LogP contribution in [-0.2, 0) is 0 Å². The Morgan fingerprint density at radius 2 is 2.05 bits per heavy atom. The predicted molar refractivity (Wildman–Crippen MR) is 81.0 cm³/mol. The van der Waals surface area contributed by atoms with Crippen molar-refractivity contribution in [2.24, 2.45) is 0 Å². The zero-order valence-corrected chi connectivity index (χ0v) is 11.5. The van der Waals surface area contributed by atoms with Crippen LogP contribution >= 0.6 is 0 Å². The van der Waals surface area contributed by atoms with Gasteiger partial charge in [0.15, 0.2) is 0 Å². The van der Waals surface area contributed by atoms with Crippen LogP contribution in [0.15, 0.2) is 60.8 Å². The number of benzene rings is 1. The molecule has 0 bridgehead atoms. The third-order valence-electron chi connectivity index (χ3n) is 2.89. The van der Waals surface area contributed by atoms with Gasteiger partial charge in [-0.25, -0.2) is 4.98 Å². The topological polar surface area (TPSA) is 29.0 Å². The number of aromatic nitrogens is 2. The normalized spacial score (nSPS) is 12.1. The van der Waals surface area contributed by atoms with Crippen LogP contribution in [0.25, 0.3) is 10.9 Å². The molecule has 0 saturated heterocycles. The predicted octanol–water partition coefficient (Wildman–Crippen LogP) is 3.85. The average Bonchev–Trinajstić information content (AvgIpc) is 2.45. The van der Waals surface area contributed by atoms with Crippen LogP contribution < -0.4 is 4.90 Å². The molecule has 0 saturated carbocycles. The SMILES string of the molecule is C=C/C=C(\C=C/C)N(C)c1nc(F)nc2ccccc12. The van der Waals surface area contributed by atoms with E-state index < -0.39 is 6.08 Å². The van der Waals surface area contributed by atoms with E-state index in [9.17, 15) is 4.39 Å². The summed E-state index contributed by atoms with van der Waals surface area (Å²) in [5.41, 5.74) is 1.45. The number of hydrogen-bond acceptors (Lipinski definition) is 3. The van der Waals surface area contributed by atoms with Crippen molar-refractivity contribution in [2.75, 3.05) is 11.9 Å². The molecule has 0 N–H and O–H groups in total. The number of anilines is 1. The molecule has 0 aliphatic rings. The molecule has 4 heteroatoms. The lowest BCUT2D eigenvalue weighted by Gasteiger charge is -2.20.